The molecule has 3 heterocycles. The van der Waals surface area contributed by atoms with Gasteiger partial charge in [-0.15, -0.1) is 0 Å². The molecule has 0 atom stereocenters. The Balaban J connectivity index is 1.39. The summed E-state index contributed by atoms with van der Waals surface area (Å²) in [5.74, 6) is 1.11. The Morgan fingerprint density at radius 2 is 1.71 bits per heavy atom. The van der Waals surface area contributed by atoms with Gasteiger partial charge in [-0.1, -0.05) is 17.7 Å². The van der Waals surface area contributed by atoms with Crippen LogP contribution in [0.5, 0.6) is 0 Å². The fourth-order valence-electron chi connectivity index (χ4n) is 4.00. The second-order valence-corrected chi connectivity index (χ2v) is 8.61. The van der Waals surface area contributed by atoms with Crippen molar-refractivity contribution in [2.45, 2.75) is 13.3 Å². The molecule has 4 rings (SSSR count). The maximum Gasteiger partial charge on any atom is 0.227 e. The van der Waals surface area contributed by atoms with Gasteiger partial charge < -0.3 is 19.6 Å². The average molecular weight is 447 g/mol. The molecule has 9 heteroatoms. The molecule has 2 saturated heterocycles. The predicted molar refractivity (Wildman–Crippen MR) is 120 cm³/mol. The summed E-state index contributed by atoms with van der Waals surface area (Å²) < 4.78 is 14.0. The summed E-state index contributed by atoms with van der Waals surface area (Å²) in [4.78, 5) is 30.6. The van der Waals surface area contributed by atoms with Crippen LogP contribution in [-0.2, 0) is 11.2 Å². The monoisotopic (exact) mass is 446 g/mol. The molecule has 0 aliphatic carbocycles. The number of anilines is 2. The van der Waals surface area contributed by atoms with Gasteiger partial charge in [-0.3, -0.25) is 4.79 Å². The highest BCUT2D eigenvalue weighted by Crippen LogP contribution is 2.22. The van der Waals surface area contributed by atoms with E-state index in [0.29, 0.717) is 32.1 Å². The van der Waals surface area contributed by atoms with E-state index in [0.717, 1.165) is 37.7 Å². The predicted octanol–water partition coefficient (Wildman–Crippen LogP) is 2.22. The van der Waals surface area contributed by atoms with Crippen molar-refractivity contribution in [1.82, 2.24) is 19.8 Å². The molecule has 2 aliphatic heterocycles. The highest BCUT2D eigenvalue weighted by molar-refractivity contribution is 6.31. The molecule has 31 heavy (non-hydrogen) atoms. The third kappa shape index (κ3) is 5.07. The molecule has 2 fully saturated rings. The van der Waals surface area contributed by atoms with Crippen molar-refractivity contribution >= 4 is 29.3 Å². The topological polar surface area (TPSA) is 55.8 Å². The Hall–Kier alpha value is -2.45. The number of benzene rings is 1. The van der Waals surface area contributed by atoms with Crippen LogP contribution in [0, 0.1) is 12.7 Å². The number of halogens is 2. The summed E-state index contributed by atoms with van der Waals surface area (Å²) in [5.41, 5.74) is 1.20. The molecule has 2 aromatic rings. The summed E-state index contributed by atoms with van der Waals surface area (Å²) in [7, 11) is 2.13. The maximum atomic E-state index is 14.0. The van der Waals surface area contributed by atoms with Gasteiger partial charge in [0.05, 0.1) is 6.42 Å². The van der Waals surface area contributed by atoms with Gasteiger partial charge >= 0.3 is 0 Å². The molecule has 0 saturated carbocycles. The maximum absolute atomic E-state index is 14.0. The van der Waals surface area contributed by atoms with Crippen LogP contribution < -0.4 is 9.80 Å². The number of aromatic nitrogens is 2. The fourth-order valence-corrected chi connectivity index (χ4v) is 4.23. The van der Waals surface area contributed by atoms with E-state index in [1.807, 2.05) is 13.0 Å². The van der Waals surface area contributed by atoms with Crippen LogP contribution >= 0.6 is 11.6 Å². The van der Waals surface area contributed by atoms with E-state index in [1.54, 1.807) is 17.0 Å². The molecule has 0 N–H and O–H groups in total. The number of amides is 1. The first-order valence-electron chi connectivity index (χ1n) is 10.7. The SMILES string of the molecule is Cc1cc(N2CCN(C)CC2)nc(N2CCN(C(=O)Cc3c(F)cccc3Cl)CC2)n1. The summed E-state index contributed by atoms with van der Waals surface area (Å²) in [5, 5.41) is 0.289. The van der Waals surface area contributed by atoms with E-state index in [-0.39, 0.29) is 22.9 Å². The number of rotatable bonds is 4. The van der Waals surface area contributed by atoms with Gasteiger partial charge in [0.15, 0.2) is 0 Å². The quantitative estimate of drug-likeness (QED) is 0.717. The minimum atomic E-state index is -0.441. The van der Waals surface area contributed by atoms with E-state index < -0.39 is 5.82 Å². The Kier molecular flexibility index (Phi) is 6.57. The van der Waals surface area contributed by atoms with E-state index in [2.05, 4.69) is 26.7 Å². The largest absolute Gasteiger partial charge is 0.354 e. The van der Waals surface area contributed by atoms with Gasteiger partial charge in [0.25, 0.3) is 0 Å². The smallest absolute Gasteiger partial charge is 0.227 e. The lowest BCUT2D eigenvalue weighted by Crippen LogP contribution is -2.50. The standard InChI is InChI=1S/C22H28ClFN6O/c1-16-14-20(28-8-6-27(2)7-9-28)26-22(25-16)30-12-10-29(11-13-30)21(31)15-17-18(23)4-3-5-19(17)24/h3-5,14H,6-13,15H2,1-2H3. The molecule has 7 nitrogen and oxygen atoms in total. The number of hydrogen-bond donors (Lipinski definition) is 0. The normalized spacial score (nSPS) is 17.9. The van der Waals surface area contributed by atoms with Crippen molar-refractivity contribution in [2.75, 3.05) is 69.2 Å². The van der Waals surface area contributed by atoms with Gasteiger partial charge in [0.1, 0.15) is 11.6 Å². The molecule has 166 valence electrons. The van der Waals surface area contributed by atoms with Crippen molar-refractivity contribution in [2.24, 2.45) is 0 Å². The first-order valence-corrected chi connectivity index (χ1v) is 11.0. The average Bonchev–Trinajstić information content (AvgIpc) is 2.76. The van der Waals surface area contributed by atoms with E-state index in [9.17, 15) is 9.18 Å². The highest BCUT2D eigenvalue weighted by Gasteiger charge is 2.25. The van der Waals surface area contributed by atoms with Crippen LogP contribution in [0.4, 0.5) is 16.2 Å². The van der Waals surface area contributed by atoms with Crippen LogP contribution in [0.25, 0.3) is 0 Å². The first kappa shape index (κ1) is 21.8. The summed E-state index contributed by atoms with van der Waals surface area (Å²) in [6.45, 7) is 8.31. The van der Waals surface area contributed by atoms with E-state index >= 15 is 0 Å². The number of likely N-dealkylation sites (N-methyl/N-ethyl adjacent to an activating group) is 1. The zero-order valence-corrected chi connectivity index (χ0v) is 18.8. The molecular formula is C22H28ClFN6O. The van der Waals surface area contributed by atoms with Crippen molar-refractivity contribution in [3.63, 3.8) is 0 Å². The zero-order chi connectivity index (χ0) is 22.0. The van der Waals surface area contributed by atoms with Gasteiger partial charge in [0.2, 0.25) is 11.9 Å². The Labute approximate surface area is 187 Å². The van der Waals surface area contributed by atoms with Crippen molar-refractivity contribution in [1.29, 1.82) is 0 Å². The fraction of sp³-hybridized carbons (Fsp3) is 0.500. The third-order valence-electron chi connectivity index (χ3n) is 5.96. The Bertz CT molecular complexity index is 921. The second kappa shape index (κ2) is 9.36. The molecule has 1 amide bonds. The Morgan fingerprint density at radius 3 is 2.39 bits per heavy atom. The lowest BCUT2D eigenvalue weighted by molar-refractivity contribution is -0.130. The molecule has 1 aromatic heterocycles. The minimum absolute atomic E-state index is 0.0278. The molecule has 0 bridgehead atoms. The number of carbonyl (C=O) groups is 1. The van der Waals surface area contributed by atoms with Crippen LogP contribution in [-0.4, -0.2) is 85.1 Å². The summed E-state index contributed by atoms with van der Waals surface area (Å²) in [6, 6.07) is 6.52. The van der Waals surface area contributed by atoms with Crippen molar-refractivity contribution < 1.29 is 9.18 Å². The Morgan fingerprint density at radius 1 is 1.03 bits per heavy atom. The van der Waals surface area contributed by atoms with E-state index in [4.69, 9.17) is 16.6 Å². The lowest BCUT2D eigenvalue weighted by Gasteiger charge is -2.36. The number of hydrogen-bond acceptors (Lipinski definition) is 6. The number of aryl methyl sites for hydroxylation is 1. The molecule has 0 radical (unpaired) electrons. The molecule has 0 spiro atoms. The van der Waals surface area contributed by atoms with Crippen molar-refractivity contribution in [3.05, 3.63) is 46.4 Å². The third-order valence-corrected chi connectivity index (χ3v) is 6.32. The van der Waals surface area contributed by atoms with Gasteiger partial charge in [-0.2, -0.15) is 4.98 Å². The number of carbonyl (C=O) groups excluding carboxylic acids is 1. The molecule has 1 aromatic carbocycles. The van der Waals surface area contributed by atoms with Gasteiger partial charge in [0, 0.05) is 74.7 Å². The van der Waals surface area contributed by atoms with Gasteiger partial charge in [-0.25, -0.2) is 9.37 Å². The minimum Gasteiger partial charge on any atom is -0.354 e. The first-order chi connectivity index (χ1) is 14.9. The highest BCUT2D eigenvalue weighted by atomic mass is 35.5. The van der Waals surface area contributed by atoms with Crippen LogP contribution in [0.15, 0.2) is 24.3 Å². The van der Waals surface area contributed by atoms with E-state index in [1.165, 1.54) is 6.07 Å². The van der Waals surface area contributed by atoms with Crippen LogP contribution in [0.3, 0.4) is 0 Å². The number of nitrogens with zero attached hydrogens (tertiary/aromatic N) is 6. The lowest BCUT2D eigenvalue weighted by atomic mass is 10.1. The molecular weight excluding hydrogens is 419 g/mol. The number of piperazine rings is 2. The molecule has 0 unspecified atom stereocenters. The van der Waals surface area contributed by atoms with Crippen molar-refractivity contribution in [3.8, 4) is 0 Å². The summed E-state index contributed by atoms with van der Waals surface area (Å²) >= 11 is 6.08. The zero-order valence-electron chi connectivity index (χ0n) is 18.0. The van der Waals surface area contributed by atoms with Crippen LogP contribution in [0.2, 0.25) is 5.02 Å². The second-order valence-electron chi connectivity index (χ2n) is 8.20. The summed E-state index contributed by atoms with van der Waals surface area (Å²) in [6.07, 6.45) is -0.0278. The molecule has 2 aliphatic rings. The van der Waals surface area contributed by atoms with Crippen LogP contribution in [0.1, 0.15) is 11.3 Å². The van der Waals surface area contributed by atoms with Gasteiger partial charge in [-0.05, 0) is 26.1 Å².